The molecule has 0 bridgehead atoms. The molecule has 0 radical (unpaired) electrons. The molecule has 0 fully saturated rings. The maximum absolute atomic E-state index is 6.09. The van der Waals surface area contributed by atoms with Crippen LogP contribution in [0.2, 0.25) is 0 Å². The second kappa shape index (κ2) is 6.05. The van der Waals surface area contributed by atoms with Crippen molar-refractivity contribution < 1.29 is 4.74 Å². The average Bonchev–Trinajstić information content (AvgIpc) is 2.26. The van der Waals surface area contributed by atoms with Gasteiger partial charge in [0.25, 0.3) is 0 Å². The van der Waals surface area contributed by atoms with Crippen molar-refractivity contribution in [1.29, 1.82) is 0 Å². The van der Waals surface area contributed by atoms with Crippen molar-refractivity contribution in [3.8, 4) is 5.88 Å². The molecule has 0 aliphatic heterocycles. The molecule has 0 saturated heterocycles. The lowest BCUT2D eigenvalue weighted by molar-refractivity contribution is 0.305. The predicted octanol–water partition coefficient (Wildman–Crippen LogP) is 3.08. The summed E-state index contributed by atoms with van der Waals surface area (Å²) >= 11 is 6.09. The van der Waals surface area contributed by atoms with Gasteiger partial charge in [0.1, 0.15) is 0 Å². The molecule has 1 aromatic rings. The van der Waals surface area contributed by atoms with Gasteiger partial charge in [0.2, 0.25) is 11.8 Å². The summed E-state index contributed by atoms with van der Waals surface area (Å²) in [6.45, 7) is 8.66. The number of nitrogens with zero attached hydrogens (tertiary/aromatic N) is 2. The molecule has 0 aromatic carbocycles. The Hall–Kier alpha value is -1.03. The van der Waals surface area contributed by atoms with Crippen LogP contribution < -0.4 is 10.1 Å². The van der Waals surface area contributed by atoms with Crippen molar-refractivity contribution in [3.63, 3.8) is 0 Å². The molecule has 1 heterocycles. The fraction of sp³-hybridized carbons (Fsp3) is 0.667. The molecule has 1 N–H and O–H groups in total. The monoisotopic (exact) mass is 257 g/mol. The lowest BCUT2D eigenvalue weighted by atomic mass is 10.0. The maximum Gasteiger partial charge on any atom is 0.226 e. The summed E-state index contributed by atoms with van der Waals surface area (Å²) in [6, 6.07) is 1.75. The van der Waals surface area contributed by atoms with E-state index in [0.29, 0.717) is 18.4 Å². The first-order chi connectivity index (χ1) is 7.95. The summed E-state index contributed by atoms with van der Waals surface area (Å²) < 4.78 is 5.45. The predicted molar refractivity (Wildman–Crippen MR) is 70.8 cm³/mol. The summed E-state index contributed by atoms with van der Waals surface area (Å²) in [5.41, 5.74) is -0.273. The van der Waals surface area contributed by atoms with Gasteiger partial charge >= 0.3 is 0 Å². The zero-order valence-corrected chi connectivity index (χ0v) is 11.6. The Morgan fingerprint density at radius 1 is 1.53 bits per heavy atom. The highest BCUT2D eigenvalue weighted by molar-refractivity contribution is 6.21. The average molecular weight is 258 g/mol. The van der Waals surface area contributed by atoms with Crippen molar-refractivity contribution in [2.75, 3.05) is 11.9 Å². The minimum absolute atomic E-state index is 0.0358. The van der Waals surface area contributed by atoms with Gasteiger partial charge in [0.15, 0.2) is 0 Å². The van der Waals surface area contributed by atoms with Gasteiger partial charge in [0, 0.05) is 12.3 Å². The van der Waals surface area contributed by atoms with Gasteiger partial charge in [0.05, 0.1) is 17.5 Å². The summed E-state index contributed by atoms with van der Waals surface area (Å²) in [5.74, 6) is 1.12. The lowest BCUT2D eigenvalue weighted by Crippen LogP contribution is -2.39. The second-order valence-electron chi connectivity index (χ2n) is 4.53. The highest BCUT2D eigenvalue weighted by Crippen LogP contribution is 2.20. The third kappa shape index (κ3) is 4.38. The van der Waals surface area contributed by atoms with Gasteiger partial charge in [-0.05, 0) is 27.2 Å². The van der Waals surface area contributed by atoms with Crippen LogP contribution in [0.25, 0.3) is 0 Å². The summed E-state index contributed by atoms with van der Waals surface area (Å²) in [7, 11) is 0. The van der Waals surface area contributed by atoms with Crippen molar-refractivity contribution in [2.45, 2.75) is 45.0 Å². The topological polar surface area (TPSA) is 47.0 Å². The summed E-state index contributed by atoms with van der Waals surface area (Å²) in [6.07, 6.45) is 2.63. The molecule has 0 aliphatic rings. The van der Waals surface area contributed by atoms with E-state index in [-0.39, 0.29) is 10.9 Å². The molecule has 0 amide bonds. The van der Waals surface area contributed by atoms with Crippen LogP contribution in [0.1, 0.15) is 34.1 Å². The molecule has 0 spiro atoms. The van der Waals surface area contributed by atoms with E-state index in [1.165, 1.54) is 0 Å². The van der Waals surface area contributed by atoms with Crippen LogP contribution in [0.3, 0.4) is 0 Å². The van der Waals surface area contributed by atoms with Gasteiger partial charge in [-0.1, -0.05) is 6.92 Å². The molecule has 5 heteroatoms. The van der Waals surface area contributed by atoms with E-state index < -0.39 is 0 Å². The van der Waals surface area contributed by atoms with Crippen LogP contribution in [-0.2, 0) is 0 Å². The third-order valence-corrected chi connectivity index (χ3v) is 3.06. The quantitative estimate of drug-likeness (QED) is 0.796. The molecule has 17 heavy (non-hydrogen) atoms. The highest BCUT2D eigenvalue weighted by atomic mass is 35.5. The Kier molecular flexibility index (Phi) is 5.00. The molecule has 1 aromatic heterocycles. The number of aromatic nitrogens is 2. The van der Waals surface area contributed by atoms with Crippen LogP contribution >= 0.6 is 11.6 Å². The Balaban J connectivity index is 2.71. The van der Waals surface area contributed by atoms with E-state index in [4.69, 9.17) is 16.3 Å². The first-order valence-corrected chi connectivity index (χ1v) is 6.27. The van der Waals surface area contributed by atoms with Crippen LogP contribution in [0.15, 0.2) is 12.3 Å². The van der Waals surface area contributed by atoms with E-state index in [2.05, 4.69) is 22.2 Å². The van der Waals surface area contributed by atoms with Crippen molar-refractivity contribution in [1.82, 2.24) is 9.97 Å². The molecule has 96 valence electrons. The van der Waals surface area contributed by atoms with Crippen LogP contribution in [0, 0.1) is 0 Å². The van der Waals surface area contributed by atoms with Crippen LogP contribution in [0.5, 0.6) is 5.88 Å². The van der Waals surface area contributed by atoms with Crippen LogP contribution in [-0.4, -0.2) is 27.5 Å². The molecule has 1 atom stereocenters. The number of anilines is 1. The number of hydrogen-bond acceptors (Lipinski definition) is 4. The zero-order chi connectivity index (χ0) is 12.9. The number of alkyl halides is 1. The molecule has 4 nitrogen and oxygen atoms in total. The van der Waals surface area contributed by atoms with Gasteiger partial charge in [-0.2, -0.15) is 4.98 Å². The Bertz CT molecular complexity index is 355. The second-order valence-corrected chi connectivity index (χ2v) is 5.18. The first-order valence-electron chi connectivity index (χ1n) is 5.84. The van der Waals surface area contributed by atoms with E-state index in [9.17, 15) is 0 Å². The number of ether oxygens (including phenoxy) is 1. The third-order valence-electron chi connectivity index (χ3n) is 2.51. The fourth-order valence-electron chi connectivity index (χ4n) is 1.08. The molecule has 0 saturated carbocycles. The van der Waals surface area contributed by atoms with E-state index in [0.717, 1.165) is 6.42 Å². The normalized spacial score (nSPS) is 13.2. The molecular weight excluding hydrogens is 238 g/mol. The number of nitrogens with one attached hydrogen (secondary N) is 1. The molecule has 1 rings (SSSR count). The fourth-order valence-corrected chi connectivity index (χ4v) is 1.13. The number of halogens is 1. The number of rotatable bonds is 6. The Labute approximate surface area is 108 Å². The molecule has 0 aliphatic carbocycles. The summed E-state index contributed by atoms with van der Waals surface area (Å²) in [4.78, 5) is 8.43. The minimum Gasteiger partial charge on any atom is -0.478 e. The van der Waals surface area contributed by atoms with Crippen molar-refractivity contribution in [2.24, 2.45) is 0 Å². The number of hydrogen-bond donors (Lipinski definition) is 1. The van der Waals surface area contributed by atoms with E-state index >= 15 is 0 Å². The molecule has 1 unspecified atom stereocenters. The van der Waals surface area contributed by atoms with Crippen LogP contribution in [0.4, 0.5) is 5.95 Å². The van der Waals surface area contributed by atoms with Gasteiger partial charge in [-0.15, -0.1) is 11.6 Å². The summed E-state index contributed by atoms with van der Waals surface area (Å²) in [5, 5.41) is 3.16. The zero-order valence-electron chi connectivity index (χ0n) is 10.8. The van der Waals surface area contributed by atoms with Gasteiger partial charge in [-0.25, -0.2) is 4.98 Å². The van der Waals surface area contributed by atoms with E-state index in [1.807, 2.05) is 20.8 Å². The Morgan fingerprint density at radius 2 is 2.24 bits per heavy atom. The first kappa shape index (κ1) is 14.0. The SMILES string of the molecule is CCCOc1ccnc(NC(C)(C)C(C)Cl)n1. The maximum atomic E-state index is 6.09. The van der Waals surface area contributed by atoms with Gasteiger partial charge in [-0.3, -0.25) is 0 Å². The molecular formula is C12H20ClN3O. The Morgan fingerprint density at radius 3 is 2.82 bits per heavy atom. The standard InChI is InChI=1S/C12H20ClN3O/c1-5-8-17-10-6-7-14-11(15-10)16-12(3,4)9(2)13/h6-7,9H,5,8H2,1-4H3,(H,14,15,16). The van der Waals surface area contributed by atoms with E-state index in [1.54, 1.807) is 12.3 Å². The lowest BCUT2D eigenvalue weighted by Gasteiger charge is -2.28. The highest BCUT2D eigenvalue weighted by Gasteiger charge is 2.24. The van der Waals surface area contributed by atoms with Crippen molar-refractivity contribution >= 4 is 17.5 Å². The van der Waals surface area contributed by atoms with Gasteiger partial charge < -0.3 is 10.1 Å². The largest absolute Gasteiger partial charge is 0.478 e. The van der Waals surface area contributed by atoms with Crippen molar-refractivity contribution in [3.05, 3.63) is 12.3 Å². The minimum atomic E-state index is -0.273. The smallest absolute Gasteiger partial charge is 0.226 e.